The van der Waals surface area contributed by atoms with Gasteiger partial charge in [-0.2, -0.15) is 0 Å². The van der Waals surface area contributed by atoms with Gasteiger partial charge >= 0.3 is 0 Å². The summed E-state index contributed by atoms with van der Waals surface area (Å²) >= 11 is 7.60. The number of fused-ring (bicyclic) bond motifs is 1. The summed E-state index contributed by atoms with van der Waals surface area (Å²) in [6, 6.07) is 8.37. The molecule has 2 aromatic carbocycles. The van der Waals surface area contributed by atoms with Crippen LogP contribution in [0.15, 0.2) is 46.2 Å². The molecular formula is C16H13ClN2O5S2. The maximum absolute atomic E-state index is 13.0. The number of carbonyl (C=O) groups is 1. The Morgan fingerprint density at radius 1 is 1.27 bits per heavy atom. The zero-order chi connectivity index (χ0) is 19.1. The number of carbonyl (C=O) groups excluding carboxylic acids is 1. The minimum Gasteiger partial charge on any atom is -0.306 e. The maximum Gasteiger partial charge on any atom is 0.271 e. The lowest BCUT2D eigenvalue weighted by Gasteiger charge is -2.29. The smallest absolute Gasteiger partial charge is 0.271 e. The van der Waals surface area contributed by atoms with Gasteiger partial charge in [-0.25, -0.2) is 8.42 Å². The molecule has 0 radical (unpaired) electrons. The molecule has 7 nitrogen and oxygen atoms in total. The molecule has 0 saturated carbocycles. The fraction of sp³-hybridized carbons (Fsp3) is 0.188. The Morgan fingerprint density at radius 3 is 2.65 bits per heavy atom. The van der Waals surface area contributed by atoms with E-state index in [-0.39, 0.29) is 10.5 Å². The van der Waals surface area contributed by atoms with E-state index in [9.17, 15) is 23.3 Å². The van der Waals surface area contributed by atoms with Crippen molar-refractivity contribution >= 4 is 50.5 Å². The summed E-state index contributed by atoms with van der Waals surface area (Å²) in [7, 11) is -3.71. The Labute approximate surface area is 159 Å². The van der Waals surface area contributed by atoms with E-state index in [1.165, 1.54) is 4.90 Å². The third-order valence-corrected chi connectivity index (χ3v) is 6.18. The third-order valence-electron chi connectivity index (χ3n) is 3.81. The van der Waals surface area contributed by atoms with Crippen LogP contribution in [0.2, 0.25) is 5.02 Å². The Kier molecular flexibility index (Phi) is 4.96. The molecule has 0 spiro atoms. The van der Waals surface area contributed by atoms with E-state index in [0.717, 1.165) is 29.4 Å². The van der Waals surface area contributed by atoms with Crippen LogP contribution in [0.1, 0.15) is 10.4 Å². The van der Waals surface area contributed by atoms with Crippen molar-refractivity contribution in [2.75, 3.05) is 23.5 Å². The first kappa shape index (κ1) is 18.7. The highest BCUT2D eigenvalue weighted by Gasteiger charge is 2.27. The second-order valence-corrected chi connectivity index (χ2v) is 9.25. The summed E-state index contributed by atoms with van der Waals surface area (Å²) < 4.78 is 23.7. The molecule has 3 rings (SSSR count). The number of anilines is 1. The Bertz CT molecular complexity index is 1020. The average molecular weight is 413 g/mol. The molecule has 0 fully saturated rings. The zero-order valence-electron chi connectivity index (χ0n) is 13.5. The van der Waals surface area contributed by atoms with Crippen LogP contribution in [-0.4, -0.2) is 37.8 Å². The van der Waals surface area contributed by atoms with Crippen LogP contribution in [0.5, 0.6) is 0 Å². The zero-order valence-corrected chi connectivity index (χ0v) is 15.9. The van der Waals surface area contributed by atoms with Gasteiger partial charge in [0.2, 0.25) is 0 Å². The molecule has 136 valence electrons. The monoisotopic (exact) mass is 412 g/mol. The molecule has 1 heterocycles. The third kappa shape index (κ3) is 3.69. The number of hydrogen-bond acceptors (Lipinski definition) is 6. The number of nitrogens with zero attached hydrogens (tertiary/aromatic N) is 2. The normalized spacial score (nSPS) is 14.0. The lowest BCUT2D eigenvalue weighted by molar-refractivity contribution is -0.385. The minimum absolute atomic E-state index is 0.0579. The van der Waals surface area contributed by atoms with E-state index in [0.29, 0.717) is 23.0 Å². The summed E-state index contributed by atoms with van der Waals surface area (Å²) in [6.07, 6.45) is 0.937. The highest BCUT2D eigenvalue weighted by atomic mass is 35.5. The predicted molar refractivity (Wildman–Crippen MR) is 100 cm³/mol. The van der Waals surface area contributed by atoms with Crippen molar-refractivity contribution in [3.8, 4) is 0 Å². The molecule has 0 aliphatic carbocycles. The maximum atomic E-state index is 13.0. The summed E-state index contributed by atoms with van der Waals surface area (Å²) in [5.74, 6) is 0.135. The van der Waals surface area contributed by atoms with Crippen LogP contribution in [-0.2, 0) is 9.84 Å². The fourth-order valence-corrected chi connectivity index (χ4v) is 4.40. The Morgan fingerprint density at radius 2 is 2.00 bits per heavy atom. The van der Waals surface area contributed by atoms with Gasteiger partial charge in [0.15, 0.2) is 9.84 Å². The van der Waals surface area contributed by atoms with Crippen molar-refractivity contribution in [2.24, 2.45) is 0 Å². The number of rotatable bonds is 3. The molecule has 1 amide bonds. The summed E-state index contributed by atoms with van der Waals surface area (Å²) in [4.78, 5) is 25.5. The predicted octanol–water partition coefficient (Wildman–Crippen LogP) is 3.40. The lowest BCUT2D eigenvalue weighted by Crippen LogP contribution is -2.35. The van der Waals surface area contributed by atoms with Crippen LogP contribution >= 0.6 is 23.4 Å². The van der Waals surface area contributed by atoms with Crippen molar-refractivity contribution in [1.29, 1.82) is 0 Å². The van der Waals surface area contributed by atoms with Gasteiger partial charge in [0.1, 0.15) is 0 Å². The number of nitro benzene ring substituents is 1. The fourth-order valence-electron chi connectivity index (χ4n) is 2.58. The van der Waals surface area contributed by atoms with Crippen molar-refractivity contribution in [2.45, 2.75) is 9.79 Å². The molecule has 10 heteroatoms. The van der Waals surface area contributed by atoms with Gasteiger partial charge in [-0.15, -0.1) is 11.8 Å². The molecule has 1 aliphatic heterocycles. The van der Waals surface area contributed by atoms with Gasteiger partial charge in [0.05, 0.1) is 15.5 Å². The first-order valence-corrected chi connectivity index (χ1v) is 10.7. The quantitative estimate of drug-likeness (QED) is 0.566. The van der Waals surface area contributed by atoms with E-state index in [2.05, 4.69) is 0 Å². The molecule has 0 N–H and O–H groups in total. The van der Waals surface area contributed by atoms with Crippen LogP contribution in [0.3, 0.4) is 0 Å². The highest BCUT2D eigenvalue weighted by molar-refractivity contribution is 7.99. The molecule has 0 aromatic heterocycles. The number of amides is 1. The first-order chi connectivity index (χ1) is 12.2. The first-order valence-electron chi connectivity index (χ1n) is 7.40. The van der Waals surface area contributed by atoms with Gasteiger partial charge < -0.3 is 4.90 Å². The van der Waals surface area contributed by atoms with Gasteiger partial charge in [0.25, 0.3) is 11.6 Å². The average Bonchev–Trinajstić information content (AvgIpc) is 2.59. The number of nitro groups is 1. The van der Waals surface area contributed by atoms with Gasteiger partial charge in [0, 0.05) is 46.2 Å². The molecular weight excluding hydrogens is 400 g/mol. The summed E-state index contributed by atoms with van der Waals surface area (Å²) in [6.45, 7) is 0.383. The van der Waals surface area contributed by atoms with E-state index in [4.69, 9.17) is 11.6 Å². The van der Waals surface area contributed by atoms with Gasteiger partial charge in [-0.05, 0) is 24.3 Å². The van der Waals surface area contributed by atoms with Crippen molar-refractivity contribution in [3.63, 3.8) is 0 Å². The van der Waals surface area contributed by atoms with Crippen LogP contribution in [0.25, 0.3) is 0 Å². The van der Waals surface area contributed by atoms with Crippen LogP contribution in [0, 0.1) is 10.1 Å². The van der Waals surface area contributed by atoms with Crippen LogP contribution < -0.4 is 4.90 Å². The van der Waals surface area contributed by atoms with Gasteiger partial charge in [-0.3, -0.25) is 14.9 Å². The topological polar surface area (TPSA) is 97.6 Å². The molecule has 0 bridgehead atoms. The van der Waals surface area contributed by atoms with E-state index in [1.54, 1.807) is 30.0 Å². The molecule has 2 aromatic rings. The SMILES string of the molecule is CS(=O)(=O)c1cc(C(=O)N2CCSc3ccc(Cl)cc32)cc([N+](=O)[O-])c1. The minimum atomic E-state index is -3.71. The molecule has 1 aliphatic rings. The van der Waals surface area contributed by atoms with Crippen LogP contribution in [0.4, 0.5) is 11.4 Å². The lowest BCUT2D eigenvalue weighted by atomic mass is 10.1. The molecule has 0 atom stereocenters. The number of halogens is 1. The van der Waals surface area contributed by atoms with E-state index >= 15 is 0 Å². The van der Waals surface area contributed by atoms with Crippen molar-refractivity contribution in [3.05, 3.63) is 57.1 Å². The highest BCUT2D eigenvalue weighted by Crippen LogP contribution is 2.37. The Balaban J connectivity index is 2.10. The molecule has 26 heavy (non-hydrogen) atoms. The summed E-state index contributed by atoms with van der Waals surface area (Å²) in [5.41, 5.74) is 0.0950. The van der Waals surface area contributed by atoms with Crippen molar-refractivity contribution < 1.29 is 18.1 Å². The molecule has 0 saturated heterocycles. The standard InChI is InChI=1S/C16H13ClN2O5S2/c1-26(23,24)13-7-10(6-12(9-13)19(21)22)16(20)18-4-5-25-15-3-2-11(17)8-14(15)18/h2-3,6-9H,4-5H2,1H3. The number of thioether (sulfide) groups is 1. The second kappa shape index (κ2) is 6.90. The van der Waals surface area contributed by atoms with Gasteiger partial charge in [-0.1, -0.05) is 11.6 Å². The Hall–Kier alpha value is -2.10. The summed E-state index contributed by atoms with van der Waals surface area (Å²) in [5, 5.41) is 11.6. The van der Waals surface area contributed by atoms with Crippen molar-refractivity contribution in [1.82, 2.24) is 0 Å². The van der Waals surface area contributed by atoms with E-state index < -0.39 is 26.4 Å². The largest absolute Gasteiger partial charge is 0.306 e. The van der Waals surface area contributed by atoms with E-state index in [1.807, 2.05) is 0 Å². The second-order valence-electron chi connectivity index (χ2n) is 5.66. The number of hydrogen-bond donors (Lipinski definition) is 0. The number of sulfone groups is 1. The number of non-ortho nitro benzene ring substituents is 1. The molecule has 0 unspecified atom stereocenters. The number of benzene rings is 2.